The Kier molecular flexibility index (Phi) is 8.88. The Labute approximate surface area is 211 Å². The molecule has 0 bridgehead atoms. The Morgan fingerprint density at radius 2 is 2.06 bits per heavy atom. The molecule has 0 radical (unpaired) electrons. The molecule has 6 nitrogen and oxygen atoms in total. The van der Waals surface area contributed by atoms with E-state index in [-0.39, 0.29) is 24.1 Å². The van der Waals surface area contributed by atoms with E-state index in [0.29, 0.717) is 18.6 Å². The lowest BCUT2D eigenvalue weighted by Crippen LogP contribution is -2.42. The van der Waals surface area contributed by atoms with E-state index in [2.05, 4.69) is 9.88 Å². The average Bonchev–Trinajstić information content (AvgIpc) is 2.88. The van der Waals surface area contributed by atoms with Gasteiger partial charge in [-0.3, -0.25) is 9.78 Å². The standard InChI is InChI=1S/C29H35FN2O4/c1-36-23-9-10-27-25(18-23)24(12-14-31-27)28(33)11-8-20-13-16-32(19-22(20)17-29(34)35)15-4-6-21-5-2-3-7-26(21)30/h2-3,5,7,9-10,12,14,18,20,22,28,33H,4,6,8,11,13,15-17,19H2,1H3,(H,34,35)/t20-,22+,28-/m1/s1. The molecule has 0 spiro atoms. The number of aliphatic hydroxyl groups is 1. The number of nitrogens with zero attached hydrogens (tertiary/aromatic N) is 2. The summed E-state index contributed by atoms with van der Waals surface area (Å²) in [5.41, 5.74) is 2.35. The lowest BCUT2D eigenvalue weighted by molar-refractivity contribution is -0.139. The number of hydrogen-bond donors (Lipinski definition) is 2. The predicted octanol–water partition coefficient (Wildman–Crippen LogP) is 5.24. The van der Waals surface area contributed by atoms with Crippen LogP contribution in [0.4, 0.5) is 4.39 Å². The number of aliphatic hydroxyl groups excluding tert-OH is 1. The minimum Gasteiger partial charge on any atom is -0.497 e. The fourth-order valence-electron chi connectivity index (χ4n) is 5.48. The largest absolute Gasteiger partial charge is 0.497 e. The number of ether oxygens (including phenoxy) is 1. The van der Waals surface area contributed by atoms with Gasteiger partial charge in [0, 0.05) is 24.5 Å². The molecule has 3 aromatic rings. The normalized spacial score (nSPS) is 19.3. The third-order valence-electron chi connectivity index (χ3n) is 7.44. The number of piperidine rings is 1. The third kappa shape index (κ3) is 6.59. The van der Waals surface area contributed by atoms with Gasteiger partial charge in [0.25, 0.3) is 0 Å². The summed E-state index contributed by atoms with van der Waals surface area (Å²) in [6, 6.07) is 14.3. The van der Waals surface area contributed by atoms with E-state index in [1.54, 1.807) is 19.4 Å². The monoisotopic (exact) mass is 494 g/mol. The van der Waals surface area contributed by atoms with Gasteiger partial charge in [0.2, 0.25) is 0 Å². The van der Waals surface area contributed by atoms with Gasteiger partial charge >= 0.3 is 5.97 Å². The maximum absolute atomic E-state index is 13.9. The van der Waals surface area contributed by atoms with E-state index >= 15 is 0 Å². The number of likely N-dealkylation sites (tertiary alicyclic amines) is 1. The van der Waals surface area contributed by atoms with E-state index in [1.807, 2.05) is 36.4 Å². The van der Waals surface area contributed by atoms with Crippen LogP contribution in [0.25, 0.3) is 10.9 Å². The predicted molar refractivity (Wildman–Crippen MR) is 137 cm³/mol. The molecule has 0 saturated carbocycles. The minimum absolute atomic E-state index is 0.0335. The molecular weight excluding hydrogens is 459 g/mol. The van der Waals surface area contributed by atoms with Gasteiger partial charge in [0.05, 0.1) is 18.7 Å². The number of carboxylic acid groups (broad SMARTS) is 1. The van der Waals surface area contributed by atoms with E-state index in [1.165, 1.54) is 6.07 Å². The van der Waals surface area contributed by atoms with Crippen LogP contribution in [0.5, 0.6) is 5.75 Å². The van der Waals surface area contributed by atoms with Crippen molar-refractivity contribution in [1.29, 1.82) is 0 Å². The number of pyridine rings is 1. The summed E-state index contributed by atoms with van der Waals surface area (Å²) < 4.78 is 19.2. The molecule has 1 aliphatic rings. The van der Waals surface area contributed by atoms with Crippen LogP contribution in [0, 0.1) is 17.7 Å². The molecule has 1 aliphatic heterocycles. The molecule has 0 amide bonds. The van der Waals surface area contributed by atoms with Crippen LogP contribution in [-0.4, -0.2) is 52.8 Å². The summed E-state index contributed by atoms with van der Waals surface area (Å²) in [7, 11) is 1.61. The zero-order chi connectivity index (χ0) is 25.5. The minimum atomic E-state index is -0.786. The number of aliphatic carboxylic acids is 1. The second-order valence-corrected chi connectivity index (χ2v) is 9.78. The van der Waals surface area contributed by atoms with E-state index < -0.39 is 12.1 Å². The number of halogens is 1. The first-order valence-electron chi connectivity index (χ1n) is 12.7. The fourth-order valence-corrected chi connectivity index (χ4v) is 5.48. The summed E-state index contributed by atoms with van der Waals surface area (Å²) in [6.07, 6.45) is 4.90. The van der Waals surface area contributed by atoms with Gasteiger partial charge in [-0.25, -0.2) is 4.39 Å². The highest BCUT2D eigenvalue weighted by Crippen LogP contribution is 2.35. The topological polar surface area (TPSA) is 82.9 Å². The van der Waals surface area contributed by atoms with Crippen LogP contribution in [-0.2, 0) is 11.2 Å². The highest BCUT2D eigenvalue weighted by atomic mass is 19.1. The number of rotatable bonds is 11. The maximum atomic E-state index is 13.9. The summed E-state index contributed by atoms with van der Waals surface area (Å²) in [6.45, 7) is 2.44. The van der Waals surface area contributed by atoms with E-state index in [9.17, 15) is 19.4 Å². The number of benzene rings is 2. The lowest BCUT2D eigenvalue weighted by atomic mass is 9.79. The zero-order valence-corrected chi connectivity index (χ0v) is 20.8. The van der Waals surface area contributed by atoms with Crippen LogP contribution in [0.1, 0.15) is 49.3 Å². The Morgan fingerprint density at radius 3 is 2.83 bits per heavy atom. The van der Waals surface area contributed by atoms with Crippen LogP contribution >= 0.6 is 0 Å². The molecule has 0 unspecified atom stereocenters. The average molecular weight is 495 g/mol. The lowest BCUT2D eigenvalue weighted by Gasteiger charge is -2.38. The molecular formula is C29H35FN2O4. The van der Waals surface area contributed by atoms with Crippen LogP contribution in [0.15, 0.2) is 54.7 Å². The van der Waals surface area contributed by atoms with Gasteiger partial charge in [-0.1, -0.05) is 18.2 Å². The molecule has 2 heterocycles. The van der Waals surface area contributed by atoms with Crippen molar-refractivity contribution in [2.24, 2.45) is 11.8 Å². The number of aromatic nitrogens is 1. The smallest absolute Gasteiger partial charge is 0.303 e. The fraction of sp³-hybridized carbons (Fsp3) is 0.448. The maximum Gasteiger partial charge on any atom is 0.303 e. The first-order chi connectivity index (χ1) is 17.4. The van der Waals surface area contributed by atoms with Crippen molar-refractivity contribution >= 4 is 16.9 Å². The molecule has 7 heteroatoms. The number of hydrogen-bond acceptors (Lipinski definition) is 5. The van der Waals surface area contributed by atoms with Crippen LogP contribution in [0.2, 0.25) is 0 Å². The number of carbonyl (C=O) groups is 1. The summed E-state index contributed by atoms with van der Waals surface area (Å²) in [4.78, 5) is 18.3. The van der Waals surface area contributed by atoms with Crippen molar-refractivity contribution in [2.75, 3.05) is 26.7 Å². The van der Waals surface area contributed by atoms with Gasteiger partial charge in [0.15, 0.2) is 0 Å². The van der Waals surface area contributed by atoms with Crippen LogP contribution in [0.3, 0.4) is 0 Å². The van der Waals surface area contributed by atoms with Crippen LogP contribution < -0.4 is 4.74 Å². The number of fused-ring (bicyclic) bond motifs is 1. The van der Waals surface area contributed by atoms with Crippen molar-refractivity contribution < 1.29 is 24.1 Å². The molecule has 2 aromatic carbocycles. The van der Waals surface area contributed by atoms with Crippen molar-refractivity contribution in [1.82, 2.24) is 9.88 Å². The van der Waals surface area contributed by atoms with Crippen molar-refractivity contribution in [3.63, 3.8) is 0 Å². The van der Waals surface area contributed by atoms with E-state index in [4.69, 9.17) is 4.74 Å². The molecule has 4 rings (SSSR count). The summed E-state index contributed by atoms with van der Waals surface area (Å²) >= 11 is 0. The number of methoxy groups -OCH3 is 1. The highest BCUT2D eigenvalue weighted by Gasteiger charge is 2.31. The second kappa shape index (κ2) is 12.3. The Hall–Kier alpha value is -3.03. The number of carboxylic acids is 1. The molecule has 192 valence electrons. The van der Waals surface area contributed by atoms with Gasteiger partial charge in [-0.2, -0.15) is 0 Å². The third-order valence-corrected chi connectivity index (χ3v) is 7.44. The van der Waals surface area contributed by atoms with Gasteiger partial charge in [-0.15, -0.1) is 0 Å². The Balaban J connectivity index is 1.35. The molecule has 1 saturated heterocycles. The first kappa shape index (κ1) is 26.0. The number of aryl methyl sites for hydroxylation is 1. The van der Waals surface area contributed by atoms with Crippen molar-refractivity contribution in [3.8, 4) is 5.75 Å². The van der Waals surface area contributed by atoms with Gasteiger partial charge in [0.1, 0.15) is 11.6 Å². The van der Waals surface area contributed by atoms with Gasteiger partial charge in [-0.05, 0) is 98.5 Å². The first-order valence-corrected chi connectivity index (χ1v) is 12.7. The SMILES string of the molecule is COc1ccc2nccc([C@H](O)CC[C@@H]3CCN(CCCc4ccccc4F)C[C@@H]3CC(=O)O)c2c1. The van der Waals surface area contributed by atoms with Crippen molar-refractivity contribution in [2.45, 2.75) is 44.6 Å². The molecule has 36 heavy (non-hydrogen) atoms. The molecule has 2 N–H and O–H groups in total. The molecule has 1 fully saturated rings. The Morgan fingerprint density at radius 1 is 1.22 bits per heavy atom. The quantitative estimate of drug-likeness (QED) is 0.379. The molecule has 1 aromatic heterocycles. The van der Waals surface area contributed by atoms with Gasteiger partial charge < -0.3 is 19.8 Å². The summed E-state index contributed by atoms with van der Waals surface area (Å²) in [5.74, 6) is 0.0326. The summed E-state index contributed by atoms with van der Waals surface area (Å²) in [5, 5.41) is 21.4. The van der Waals surface area contributed by atoms with E-state index in [0.717, 1.165) is 60.9 Å². The highest BCUT2D eigenvalue weighted by molar-refractivity contribution is 5.83. The Bertz CT molecular complexity index is 1170. The zero-order valence-electron chi connectivity index (χ0n) is 20.8. The molecule has 0 aliphatic carbocycles. The van der Waals surface area contributed by atoms with Crippen molar-refractivity contribution in [3.05, 3.63) is 71.7 Å². The second-order valence-electron chi connectivity index (χ2n) is 9.78. The molecule has 3 atom stereocenters.